The van der Waals surface area contributed by atoms with Crippen molar-refractivity contribution < 1.29 is 0 Å². The number of hydrogen-bond acceptors (Lipinski definition) is 4. The molecule has 4 nitrogen and oxygen atoms in total. The second kappa shape index (κ2) is 18.2. The second-order valence-corrected chi connectivity index (χ2v) is 6.89. The SMILES string of the molecule is C1CCNC1.C1CCNCC1.C1CCNCC1.C1CCNCC1. The summed E-state index contributed by atoms with van der Waals surface area (Å²) in [4.78, 5) is 0. The Labute approximate surface area is 145 Å². The summed E-state index contributed by atoms with van der Waals surface area (Å²) < 4.78 is 0. The monoisotopic (exact) mass is 326 g/mol. The molecule has 4 fully saturated rings. The zero-order chi connectivity index (χ0) is 16.3. The largest absolute Gasteiger partial charge is 0.317 e. The fourth-order valence-electron chi connectivity index (χ4n) is 3.03. The minimum atomic E-state index is 1.25. The molecule has 0 aromatic carbocycles. The molecule has 0 unspecified atom stereocenters. The highest BCUT2D eigenvalue weighted by molar-refractivity contribution is 4.56. The summed E-state index contributed by atoms with van der Waals surface area (Å²) >= 11 is 0. The summed E-state index contributed by atoms with van der Waals surface area (Å²) in [5.74, 6) is 0. The lowest BCUT2D eigenvalue weighted by atomic mass is 10.2. The van der Waals surface area contributed by atoms with E-state index in [1.165, 1.54) is 123 Å². The molecule has 4 heteroatoms. The van der Waals surface area contributed by atoms with Crippen LogP contribution in [-0.4, -0.2) is 52.4 Å². The minimum absolute atomic E-state index is 1.25. The second-order valence-electron chi connectivity index (χ2n) is 6.89. The normalized spacial score (nSPS) is 24.0. The molecule has 0 atom stereocenters. The highest BCUT2D eigenvalue weighted by atomic mass is 14.9. The molecular weight excluding hydrogens is 284 g/mol. The average molecular weight is 327 g/mol. The van der Waals surface area contributed by atoms with E-state index < -0.39 is 0 Å². The molecule has 0 radical (unpaired) electrons. The van der Waals surface area contributed by atoms with E-state index in [4.69, 9.17) is 0 Å². The van der Waals surface area contributed by atoms with Gasteiger partial charge in [-0.25, -0.2) is 0 Å². The van der Waals surface area contributed by atoms with E-state index in [0.717, 1.165) is 0 Å². The third kappa shape index (κ3) is 16.5. The molecule has 0 aliphatic carbocycles. The lowest BCUT2D eigenvalue weighted by molar-refractivity contribution is 0.520. The van der Waals surface area contributed by atoms with Crippen molar-refractivity contribution in [3.05, 3.63) is 0 Å². The standard InChI is InChI=1S/3C5H11N.C4H9N/c3*1-2-4-6-5-3-1;1-2-4-5-3-1/h3*6H,1-5H2;5H,1-4H2. The van der Waals surface area contributed by atoms with E-state index in [9.17, 15) is 0 Å². The van der Waals surface area contributed by atoms with E-state index in [2.05, 4.69) is 21.3 Å². The van der Waals surface area contributed by atoms with Crippen LogP contribution >= 0.6 is 0 Å². The quantitative estimate of drug-likeness (QED) is 0.553. The summed E-state index contributed by atoms with van der Waals surface area (Å²) in [7, 11) is 0. The van der Waals surface area contributed by atoms with Gasteiger partial charge in [-0.15, -0.1) is 0 Å². The third-order valence-corrected chi connectivity index (χ3v) is 4.58. The average Bonchev–Trinajstić information content (AvgIpc) is 3.27. The minimum Gasteiger partial charge on any atom is -0.317 e. The van der Waals surface area contributed by atoms with Crippen molar-refractivity contribution in [3.8, 4) is 0 Å². The lowest BCUT2D eigenvalue weighted by Crippen LogP contribution is -2.21. The maximum atomic E-state index is 3.28. The first-order valence-electron chi connectivity index (χ1n) is 10.3. The van der Waals surface area contributed by atoms with E-state index in [1.807, 2.05) is 0 Å². The number of hydrogen-bond donors (Lipinski definition) is 4. The van der Waals surface area contributed by atoms with Crippen LogP contribution in [-0.2, 0) is 0 Å². The number of rotatable bonds is 0. The molecule has 0 aromatic rings. The molecule has 4 saturated heterocycles. The fourth-order valence-corrected chi connectivity index (χ4v) is 3.03. The molecule has 0 bridgehead atoms. The fraction of sp³-hybridized carbons (Fsp3) is 1.00. The zero-order valence-electron chi connectivity index (χ0n) is 15.4. The van der Waals surface area contributed by atoms with Gasteiger partial charge in [-0.05, 0) is 104 Å². The highest BCUT2D eigenvalue weighted by Crippen LogP contribution is 1.97. The van der Waals surface area contributed by atoms with Gasteiger partial charge in [0.25, 0.3) is 0 Å². The predicted octanol–water partition coefficient (Wildman–Crippen LogP) is 2.65. The van der Waals surface area contributed by atoms with Crippen molar-refractivity contribution in [2.24, 2.45) is 0 Å². The van der Waals surface area contributed by atoms with Crippen LogP contribution in [0.3, 0.4) is 0 Å². The van der Waals surface area contributed by atoms with Crippen molar-refractivity contribution >= 4 is 0 Å². The lowest BCUT2D eigenvalue weighted by Gasteiger charge is -2.08. The van der Waals surface area contributed by atoms with Crippen molar-refractivity contribution in [1.82, 2.24) is 21.3 Å². The zero-order valence-corrected chi connectivity index (χ0v) is 15.4. The first-order chi connectivity index (χ1) is 11.5. The summed E-state index contributed by atoms with van der Waals surface area (Å²) in [5, 5.41) is 13.1. The molecular formula is C19H42N4. The Morgan fingerprint density at radius 3 is 0.478 bits per heavy atom. The van der Waals surface area contributed by atoms with Gasteiger partial charge in [0.05, 0.1) is 0 Å². The molecule has 0 saturated carbocycles. The van der Waals surface area contributed by atoms with Crippen LogP contribution < -0.4 is 21.3 Å². The van der Waals surface area contributed by atoms with Crippen molar-refractivity contribution in [1.29, 1.82) is 0 Å². The molecule has 4 aliphatic heterocycles. The van der Waals surface area contributed by atoms with Gasteiger partial charge < -0.3 is 21.3 Å². The Kier molecular flexibility index (Phi) is 16.5. The van der Waals surface area contributed by atoms with Gasteiger partial charge in [0, 0.05) is 0 Å². The molecule has 0 aromatic heterocycles. The Balaban J connectivity index is 0.000000154. The summed E-state index contributed by atoms with van der Waals surface area (Å²) in [6.07, 6.45) is 15.4. The maximum absolute atomic E-state index is 3.28. The van der Waals surface area contributed by atoms with Crippen LogP contribution in [0.15, 0.2) is 0 Å². The van der Waals surface area contributed by atoms with Gasteiger partial charge in [-0.1, -0.05) is 19.3 Å². The van der Waals surface area contributed by atoms with Gasteiger partial charge in [-0.2, -0.15) is 0 Å². The van der Waals surface area contributed by atoms with Gasteiger partial charge >= 0.3 is 0 Å². The van der Waals surface area contributed by atoms with E-state index in [0.29, 0.717) is 0 Å². The Morgan fingerprint density at radius 1 is 0.217 bits per heavy atom. The van der Waals surface area contributed by atoms with Crippen LogP contribution in [0.5, 0.6) is 0 Å². The molecule has 4 heterocycles. The number of nitrogens with one attached hydrogen (secondary N) is 4. The summed E-state index contributed by atoms with van der Waals surface area (Å²) in [6, 6.07) is 0. The van der Waals surface area contributed by atoms with Crippen LogP contribution in [0.25, 0.3) is 0 Å². The van der Waals surface area contributed by atoms with E-state index in [1.54, 1.807) is 0 Å². The van der Waals surface area contributed by atoms with Gasteiger partial charge in [0.2, 0.25) is 0 Å². The van der Waals surface area contributed by atoms with Crippen molar-refractivity contribution in [2.75, 3.05) is 52.4 Å². The van der Waals surface area contributed by atoms with E-state index in [-0.39, 0.29) is 0 Å². The van der Waals surface area contributed by atoms with Gasteiger partial charge in [0.15, 0.2) is 0 Å². The maximum Gasteiger partial charge on any atom is -0.00484 e. The third-order valence-electron chi connectivity index (χ3n) is 4.58. The van der Waals surface area contributed by atoms with Crippen LogP contribution in [0, 0.1) is 0 Å². The Bertz CT molecular complexity index is 137. The Morgan fingerprint density at radius 2 is 0.391 bits per heavy atom. The number of piperidine rings is 3. The van der Waals surface area contributed by atoms with Crippen LogP contribution in [0.4, 0.5) is 0 Å². The van der Waals surface area contributed by atoms with E-state index >= 15 is 0 Å². The molecule has 4 N–H and O–H groups in total. The van der Waals surface area contributed by atoms with Crippen molar-refractivity contribution in [3.63, 3.8) is 0 Å². The van der Waals surface area contributed by atoms with Crippen LogP contribution in [0.1, 0.15) is 70.6 Å². The smallest absolute Gasteiger partial charge is 0.00484 e. The first-order valence-corrected chi connectivity index (χ1v) is 10.3. The highest BCUT2D eigenvalue weighted by Gasteiger charge is 1.95. The first kappa shape index (κ1) is 20.9. The topological polar surface area (TPSA) is 48.1 Å². The van der Waals surface area contributed by atoms with Crippen molar-refractivity contribution in [2.45, 2.75) is 70.6 Å². The molecule has 4 aliphatic rings. The molecule has 23 heavy (non-hydrogen) atoms. The molecule has 0 amide bonds. The predicted molar refractivity (Wildman–Crippen MR) is 102 cm³/mol. The summed E-state index contributed by atoms with van der Waals surface area (Å²) in [6.45, 7) is 10.0. The Hall–Kier alpha value is -0.160. The molecule has 0 spiro atoms. The van der Waals surface area contributed by atoms with Gasteiger partial charge in [0.1, 0.15) is 0 Å². The van der Waals surface area contributed by atoms with Gasteiger partial charge in [-0.3, -0.25) is 0 Å². The summed E-state index contributed by atoms with van der Waals surface area (Å²) in [5.41, 5.74) is 0. The molecule has 4 rings (SSSR count). The van der Waals surface area contributed by atoms with Crippen LogP contribution in [0.2, 0.25) is 0 Å². The molecule has 138 valence electrons.